The summed E-state index contributed by atoms with van der Waals surface area (Å²) in [6, 6.07) is 1.81. The van der Waals surface area contributed by atoms with Crippen molar-refractivity contribution in [1.82, 2.24) is 0 Å². The number of carbonyl (C=O) groups is 2. The summed E-state index contributed by atoms with van der Waals surface area (Å²) in [6.45, 7) is 4.09. The number of rotatable bonds is 2. The van der Waals surface area contributed by atoms with Gasteiger partial charge in [-0.05, 0) is 37.2 Å². The summed E-state index contributed by atoms with van der Waals surface area (Å²) in [6.07, 6.45) is 6.20. The summed E-state index contributed by atoms with van der Waals surface area (Å²) in [7, 11) is 1.38. The third kappa shape index (κ3) is 2.57. The molecule has 1 saturated heterocycles. The molecule has 2 fully saturated rings. The molecule has 2 heterocycles. The molecule has 1 saturated carbocycles. The Morgan fingerprint density at radius 1 is 1.37 bits per heavy atom. The molecule has 0 radical (unpaired) electrons. The summed E-state index contributed by atoms with van der Waals surface area (Å²) < 4.78 is 15.9. The molecule has 0 bridgehead atoms. The zero-order chi connectivity index (χ0) is 19.4. The average molecular weight is 374 g/mol. The third-order valence-electron chi connectivity index (χ3n) is 7.20. The minimum absolute atomic E-state index is 0.224. The molecule has 1 unspecified atom stereocenters. The average Bonchev–Trinajstić information content (AvgIpc) is 3.14. The molecule has 0 spiro atoms. The van der Waals surface area contributed by atoms with Crippen molar-refractivity contribution in [2.75, 3.05) is 7.11 Å². The third-order valence-corrected chi connectivity index (χ3v) is 7.20. The number of aliphatic hydroxyl groups excluding tert-OH is 1. The highest BCUT2D eigenvalue weighted by atomic mass is 16.5. The van der Waals surface area contributed by atoms with Crippen LogP contribution in [0.1, 0.15) is 51.2 Å². The van der Waals surface area contributed by atoms with Crippen molar-refractivity contribution >= 4 is 11.9 Å². The molecule has 4 rings (SSSR count). The van der Waals surface area contributed by atoms with Crippen LogP contribution in [0, 0.1) is 22.7 Å². The fourth-order valence-electron chi connectivity index (χ4n) is 6.04. The van der Waals surface area contributed by atoms with E-state index in [0.29, 0.717) is 31.3 Å². The molecule has 6 nitrogen and oxygen atoms in total. The zero-order valence-corrected chi connectivity index (χ0v) is 15.9. The minimum atomic E-state index is -0.618. The Morgan fingerprint density at radius 3 is 2.81 bits per heavy atom. The molecule has 1 aromatic rings. The molecule has 1 N–H and O–H groups in total. The van der Waals surface area contributed by atoms with Gasteiger partial charge in [0, 0.05) is 22.5 Å². The molecule has 1 aliphatic heterocycles. The van der Waals surface area contributed by atoms with Gasteiger partial charge in [0.15, 0.2) is 0 Å². The molecular formula is C21H26O6. The van der Waals surface area contributed by atoms with Gasteiger partial charge in [0.2, 0.25) is 0 Å². The van der Waals surface area contributed by atoms with Crippen molar-refractivity contribution in [3.05, 3.63) is 35.8 Å². The summed E-state index contributed by atoms with van der Waals surface area (Å²) in [4.78, 5) is 25.3. The van der Waals surface area contributed by atoms with E-state index in [9.17, 15) is 14.7 Å². The number of hydrogen-bond acceptors (Lipinski definition) is 6. The molecule has 27 heavy (non-hydrogen) atoms. The van der Waals surface area contributed by atoms with Crippen LogP contribution in [-0.4, -0.2) is 30.3 Å². The van der Waals surface area contributed by atoms with Crippen LogP contribution in [-0.2, 0) is 19.1 Å². The maximum atomic E-state index is 12.9. The Hall–Kier alpha value is -2.08. The fraction of sp³-hybridized carbons (Fsp3) is 0.619. The first kappa shape index (κ1) is 18.3. The van der Waals surface area contributed by atoms with E-state index in [1.165, 1.54) is 7.11 Å². The number of fused-ring (bicyclic) bond motifs is 3. The molecule has 146 valence electrons. The van der Waals surface area contributed by atoms with Gasteiger partial charge in [-0.15, -0.1) is 0 Å². The first-order valence-corrected chi connectivity index (χ1v) is 9.51. The second-order valence-corrected chi connectivity index (χ2v) is 8.59. The van der Waals surface area contributed by atoms with E-state index in [4.69, 9.17) is 13.9 Å². The highest BCUT2D eigenvalue weighted by Gasteiger charge is 2.63. The number of aliphatic hydroxyl groups is 1. The Labute approximate surface area is 158 Å². The van der Waals surface area contributed by atoms with Gasteiger partial charge in [-0.2, -0.15) is 0 Å². The number of esters is 2. The molecule has 1 aromatic heterocycles. The predicted octanol–water partition coefficient (Wildman–Crippen LogP) is 3.17. The van der Waals surface area contributed by atoms with Gasteiger partial charge in [0.05, 0.1) is 31.7 Å². The maximum absolute atomic E-state index is 12.9. The molecule has 6 atom stereocenters. The zero-order valence-electron chi connectivity index (χ0n) is 15.9. The molecular weight excluding hydrogens is 348 g/mol. The van der Waals surface area contributed by atoms with E-state index in [0.717, 1.165) is 5.56 Å². The van der Waals surface area contributed by atoms with Crippen LogP contribution in [0.3, 0.4) is 0 Å². The monoisotopic (exact) mass is 374 g/mol. The SMILES string of the molecule is COC(=O)C1=CC[C@H](O)C2[C@@]1(C)CC[C@@H]1C(=O)O[C@H](c3ccoc3)C[C@]21C. The van der Waals surface area contributed by atoms with Gasteiger partial charge in [0.25, 0.3) is 0 Å². The highest BCUT2D eigenvalue weighted by Crippen LogP contribution is 2.64. The van der Waals surface area contributed by atoms with E-state index in [2.05, 4.69) is 6.92 Å². The Morgan fingerprint density at radius 2 is 2.15 bits per heavy atom. The molecule has 0 aromatic carbocycles. The van der Waals surface area contributed by atoms with Crippen molar-refractivity contribution in [2.45, 2.75) is 51.7 Å². The van der Waals surface area contributed by atoms with Crippen molar-refractivity contribution < 1.29 is 28.6 Å². The van der Waals surface area contributed by atoms with Crippen molar-refractivity contribution in [3.63, 3.8) is 0 Å². The number of methoxy groups -OCH3 is 1. The Bertz CT molecular complexity index is 781. The maximum Gasteiger partial charge on any atom is 0.333 e. The van der Waals surface area contributed by atoms with Crippen LogP contribution in [0.25, 0.3) is 0 Å². The first-order valence-electron chi connectivity index (χ1n) is 9.51. The number of carbonyl (C=O) groups excluding carboxylic acids is 2. The van der Waals surface area contributed by atoms with Gasteiger partial charge in [-0.25, -0.2) is 4.79 Å². The van der Waals surface area contributed by atoms with Crippen LogP contribution < -0.4 is 0 Å². The number of hydrogen-bond donors (Lipinski definition) is 1. The van der Waals surface area contributed by atoms with Crippen molar-refractivity contribution in [1.29, 1.82) is 0 Å². The summed E-state index contributed by atoms with van der Waals surface area (Å²) in [5, 5.41) is 11.0. The lowest BCUT2D eigenvalue weighted by Crippen LogP contribution is -2.60. The second-order valence-electron chi connectivity index (χ2n) is 8.59. The molecule has 3 aliphatic rings. The standard InChI is InChI=1S/C21H26O6/c1-20-8-6-14-19(24)27-16(12-7-9-26-11-12)10-21(14,2)17(20)15(22)5-4-13(20)18(23)25-3/h4,7,9,11,14-17,22H,5-6,8,10H2,1-3H3/t14-,15+,16+,17?,20+,21+/m1/s1. The Balaban J connectivity index is 1.77. The lowest BCUT2D eigenvalue weighted by molar-refractivity contribution is -0.200. The fourth-order valence-corrected chi connectivity index (χ4v) is 6.04. The van der Waals surface area contributed by atoms with Crippen molar-refractivity contribution in [3.8, 4) is 0 Å². The van der Waals surface area contributed by atoms with Crippen LogP contribution in [0.2, 0.25) is 0 Å². The second kappa shape index (κ2) is 6.23. The number of furan rings is 1. The lowest BCUT2D eigenvalue weighted by atomic mass is 9.45. The summed E-state index contributed by atoms with van der Waals surface area (Å²) in [5.41, 5.74) is 0.425. The normalized spacial score (nSPS) is 41.0. The van der Waals surface area contributed by atoms with Gasteiger partial charge in [0.1, 0.15) is 6.10 Å². The van der Waals surface area contributed by atoms with Gasteiger partial charge in [-0.3, -0.25) is 4.79 Å². The highest BCUT2D eigenvalue weighted by molar-refractivity contribution is 5.90. The van der Waals surface area contributed by atoms with E-state index in [-0.39, 0.29) is 23.8 Å². The first-order chi connectivity index (χ1) is 12.8. The van der Waals surface area contributed by atoms with Crippen LogP contribution in [0.5, 0.6) is 0 Å². The summed E-state index contributed by atoms with van der Waals surface area (Å²) in [5.74, 6) is -1.09. The number of cyclic esters (lactones) is 1. The van der Waals surface area contributed by atoms with Gasteiger partial charge in [-0.1, -0.05) is 19.9 Å². The van der Waals surface area contributed by atoms with Crippen LogP contribution in [0.4, 0.5) is 0 Å². The van der Waals surface area contributed by atoms with E-state index in [1.807, 2.05) is 13.0 Å². The Kier molecular flexibility index (Phi) is 4.22. The van der Waals surface area contributed by atoms with E-state index in [1.54, 1.807) is 18.6 Å². The predicted molar refractivity (Wildman–Crippen MR) is 95.3 cm³/mol. The van der Waals surface area contributed by atoms with Crippen LogP contribution >= 0.6 is 0 Å². The van der Waals surface area contributed by atoms with Crippen molar-refractivity contribution in [2.24, 2.45) is 22.7 Å². The molecule has 2 aliphatic carbocycles. The van der Waals surface area contributed by atoms with Crippen LogP contribution in [0.15, 0.2) is 34.7 Å². The summed E-state index contributed by atoms with van der Waals surface area (Å²) >= 11 is 0. The largest absolute Gasteiger partial charge is 0.472 e. The topological polar surface area (TPSA) is 86.0 Å². The quantitative estimate of drug-likeness (QED) is 0.800. The van der Waals surface area contributed by atoms with E-state index < -0.39 is 23.0 Å². The van der Waals surface area contributed by atoms with E-state index >= 15 is 0 Å². The minimum Gasteiger partial charge on any atom is -0.472 e. The molecule has 0 amide bonds. The molecule has 6 heteroatoms. The number of ether oxygens (including phenoxy) is 2. The lowest BCUT2D eigenvalue weighted by Gasteiger charge is -2.60. The van der Waals surface area contributed by atoms with Gasteiger partial charge >= 0.3 is 11.9 Å². The smallest absolute Gasteiger partial charge is 0.333 e. The van der Waals surface area contributed by atoms with Gasteiger partial charge < -0.3 is 19.0 Å².